The van der Waals surface area contributed by atoms with Gasteiger partial charge in [-0.05, 0) is 30.7 Å². The topological polar surface area (TPSA) is 68.3 Å². The molecule has 0 aromatic carbocycles. The smallest absolute Gasteiger partial charge is 0.250 e. The molecule has 5 nitrogen and oxygen atoms in total. The molecule has 0 saturated carbocycles. The summed E-state index contributed by atoms with van der Waals surface area (Å²) >= 11 is 1.28. The molecule has 0 bridgehead atoms. The minimum atomic E-state index is -3.57. The Morgan fingerprint density at radius 2 is 2.14 bits per heavy atom. The van der Waals surface area contributed by atoms with Crippen LogP contribution in [0.2, 0.25) is 0 Å². The Hall–Kier alpha value is -1.28. The van der Waals surface area contributed by atoms with Crippen LogP contribution in [0.15, 0.2) is 40.7 Å². The van der Waals surface area contributed by atoms with Gasteiger partial charge >= 0.3 is 0 Å². The minimum Gasteiger partial charge on any atom is -0.383 e. The number of pyridine rings is 1. The second-order valence-electron chi connectivity index (χ2n) is 4.46. The van der Waals surface area contributed by atoms with Crippen LogP contribution in [0.25, 0.3) is 0 Å². The summed E-state index contributed by atoms with van der Waals surface area (Å²) in [6.45, 7) is 2.22. The van der Waals surface area contributed by atoms with Gasteiger partial charge in [0, 0.05) is 18.2 Å². The SMILES string of the molecule is CCc1ccc(S(=O)(=O)N[C@H](COC)c2ccccn2)s1. The Kier molecular flexibility index (Phi) is 5.46. The van der Waals surface area contributed by atoms with Crippen molar-refractivity contribution in [3.8, 4) is 0 Å². The second kappa shape index (κ2) is 7.13. The van der Waals surface area contributed by atoms with Crippen LogP contribution >= 0.6 is 11.3 Å². The Balaban J connectivity index is 2.23. The van der Waals surface area contributed by atoms with Gasteiger partial charge in [-0.2, -0.15) is 4.72 Å². The molecule has 0 spiro atoms. The molecule has 0 aliphatic rings. The van der Waals surface area contributed by atoms with Crippen molar-refractivity contribution in [2.24, 2.45) is 0 Å². The van der Waals surface area contributed by atoms with Crippen LogP contribution in [0.5, 0.6) is 0 Å². The highest BCUT2D eigenvalue weighted by Gasteiger charge is 2.23. The average molecular weight is 326 g/mol. The van der Waals surface area contributed by atoms with Crippen LogP contribution in [-0.2, 0) is 21.2 Å². The van der Waals surface area contributed by atoms with E-state index in [0.717, 1.165) is 11.3 Å². The Morgan fingerprint density at radius 1 is 1.33 bits per heavy atom. The van der Waals surface area contributed by atoms with Crippen LogP contribution in [0.3, 0.4) is 0 Å². The summed E-state index contributed by atoms with van der Waals surface area (Å²) in [6.07, 6.45) is 2.45. The molecule has 0 radical (unpaired) electrons. The number of hydrogen-bond donors (Lipinski definition) is 1. The van der Waals surface area contributed by atoms with Crippen LogP contribution < -0.4 is 4.72 Å². The molecule has 2 rings (SSSR count). The lowest BCUT2D eigenvalue weighted by atomic mass is 10.2. The average Bonchev–Trinajstić information content (AvgIpc) is 2.97. The van der Waals surface area contributed by atoms with Crippen molar-refractivity contribution in [3.05, 3.63) is 47.1 Å². The van der Waals surface area contributed by atoms with Crippen LogP contribution in [0.1, 0.15) is 23.5 Å². The third-order valence-electron chi connectivity index (χ3n) is 2.93. The van der Waals surface area contributed by atoms with E-state index in [9.17, 15) is 8.42 Å². The van der Waals surface area contributed by atoms with Crippen molar-refractivity contribution < 1.29 is 13.2 Å². The summed E-state index contributed by atoms with van der Waals surface area (Å²) < 4.78 is 33.0. The summed E-state index contributed by atoms with van der Waals surface area (Å²) in [5.74, 6) is 0. The van der Waals surface area contributed by atoms with E-state index >= 15 is 0 Å². The first-order chi connectivity index (χ1) is 10.1. The molecule has 0 saturated heterocycles. The van der Waals surface area contributed by atoms with Gasteiger partial charge in [0.15, 0.2) is 0 Å². The zero-order valence-corrected chi connectivity index (χ0v) is 13.6. The van der Waals surface area contributed by atoms with E-state index in [2.05, 4.69) is 9.71 Å². The van der Waals surface area contributed by atoms with Crippen LogP contribution in [-0.4, -0.2) is 27.1 Å². The highest BCUT2D eigenvalue weighted by molar-refractivity contribution is 7.91. The van der Waals surface area contributed by atoms with Crippen LogP contribution in [0.4, 0.5) is 0 Å². The molecule has 114 valence electrons. The monoisotopic (exact) mass is 326 g/mol. The van der Waals surface area contributed by atoms with E-state index in [1.807, 2.05) is 19.1 Å². The van der Waals surface area contributed by atoms with Gasteiger partial charge in [0.25, 0.3) is 10.0 Å². The standard InChI is InChI=1S/C14H18N2O3S2/c1-3-11-7-8-14(20-11)21(17,18)16-13(10-19-2)12-6-4-5-9-15-12/h4-9,13,16H,3,10H2,1-2H3/t13-/m1/s1. The Labute approximate surface area is 129 Å². The van der Waals surface area contributed by atoms with Crippen molar-refractivity contribution in [3.63, 3.8) is 0 Å². The summed E-state index contributed by atoms with van der Waals surface area (Å²) in [6, 6.07) is 8.35. The first-order valence-corrected chi connectivity index (χ1v) is 8.87. The van der Waals surface area contributed by atoms with E-state index in [0.29, 0.717) is 9.90 Å². The molecule has 1 N–H and O–H groups in total. The molecule has 21 heavy (non-hydrogen) atoms. The fourth-order valence-electron chi connectivity index (χ4n) is 1.87. The Bertz CT molecular complexity index is 669. The van der Waals surface area contributed by atoms with Crippen molar-refractivity contribution in [1.82, 2.24) is 9.71 Å². The third-order valence-corrected chi connectivity index (χ3v) is 6.12. The zero-order valence-electron chi connectivity index (χ0n) is 11.9. The van der Waals surface area contributed by atoms with Gasteiger partial charge in [-0.1, -0.05) is 13.0 Å². The summed E-state index contributed by atoms with van der Waals surface area (Å²) in [5, 5.41) is 0. The molecule has 2 aromatic rings. The number of hydrogen-bond acceptors (Lipinski definition) is 5. The highest BCUT2D eigenvalue weighted by Crippen LogP contribution is 2.23. The van der Waals surface area contributed by atoms with Gasteiger partial charge in [-0.3, -0.25) is 4.98 Å². The number of aromatic nitrogens is 1. The maximum Gasteiger partial charge on any atom is 0.250 e. The number of ether oxygens (including phenoxy) is 1. The summed E-state index contributed by atoms with van der Waals surface area (Å²) in [5.41, 5.74) is 0.634. The number of aryl methyl sites for hydroxylation is 1. The quantitative estimate of drug-likeness (QED) is 0.848. The van der Waals surface area contributed by atoms with Gasteiger partial charge in [0.05, 0.1) is 18.3 Å². The lowest BCUT2D eigenvalue weighted by molar-refractivity contribution is 0.174. The minimum absolute atomic E-state index is 0.224. The molecule has 0 aliphatic heterocycles. The fourth-order valence-corrected chi connectivity index (χ4v) is 4.37. The summed E-state index contributed by atoms with van der Waals surface area (Å²) in [4.78, 5) is 5.23. The predicted octanol–water partition coefficient (Wildman–Crippen LogP) is 2.37. The maximum absolute atomic E-state index is 12.4. The van der Waals surface area contributed by atoms with E-state index in [1.165, 1.54) is 18.4 Å². The number of methoxy groups -OCH3 is 1. The second-order valence-corrected chi connectivity index (χ2v) is 7.57. The molecular formula is C14H18N2O3S2. The molecule has 7 heteroatoms. The van der Waals surface area contributed by atoms with Gasteiger partial charge in [-0.25, -0.2) is 8.42 Å². The van der Waals surface area contributed by atoms with Crippen molar-refractivity contribution in [2.75, 3.05) is 13.7 Å². The number of rotatable bonds is 7. The lowest BCUT2D eigenvalue weighted by Crippen LogP contribution is -2.31. The van der Waals surface area contributed by atoms with Gasteiger partial charge in [-0.15, -0.1) is 11.3 Å². The maximum atomic E-state index is 12.4. The molecule has 0 unspecified atom stereocenters. The first-order valence-electron chi connectivity index (χ1n) is 6.57. The molecule has 0 fully saturated rings. The number of sulfonamides is 1. The molecule has 0 amide bonds. The largest absolute Gasteiger partial charge is 0.383 e. The number of nitrogens with zero attached hydrogens (tertiary/aromatic N) is 1. The van der Waals surface area contributed by atoms with E-state index in [1.54, 1.807) is 24.4 Å². The van der Waals surface area contributed by atoms with Gasteiger partial charge < -0.3 is 4.74 Å². The van der Waals surface area contributed by atoms with Crippen molar-refractivity contribution in [1.29, 1.82) is 0 Å². The zero-order chi connectivity index (χ0) is 15.3. The third kappa shape index (κ3) is 4.10. The van der Waals surface area contributed by atoms with E-state index in [4.69, 9.17) is 4.74 Å². The molecule has 2 heterocycles. The number of thiophene rings is 1. The number of nitrogens with one attached hydrogen (secondary N) is 1. The Morgan fingerprint density at radius 3 is 2.71 bits per heavy atom. The van der Waals surface area contributed by atoms with Gasteiger partial charge in [0.2, 0.25) is 0 Å². The summed E-state index contributed by atoms with van der Waals surface area (Å²) in [7, 11) is -2.04. The highest BCUT2D eigenvalue weighted by atomic mass is 32.2. The van der Waals surface area contributed by atoms with Crippen LogP contribution in [0, 0.1) is 0 Å². The first kappa shape index (κ1) is 16.1. The van der Waals surface area contributed by atoms with E-state index in [-0.39, 0.29) is 6.61 Å². The fraction of sp³-hybridized carbons (Fsp3) is 0.357. The predicted molar refractivity (Wildman–Crippen MR) is 82.9 cm³/mol. The van der Waals surface area contributed by atoms with Crippen molar-refractivity contribution in [2.45, 2.75) is 23.6 Å². The van der Waals surface area contributed by atoms with Crippen molar-refractivity contribution >= 4 is 21.4 Å². The molecule has 2 aromatic heterocycles. The normalized spacial score (nSPS) is 13.2. The molecular weight excluding hydrogens is 308 g/mol. The lowest BCUT2D eigenvalue weighted by Gasteiger charge is -2.16. The van der Waals surface area contributed by atoms with Gasteiger partial charge in [0.1, 0.15) is 4.21 Å². The van der Waals surface area contributed by atoms with E-state index < -0.39 is 16.1 Å². The molecule has 0 aliphatic carbocycles. The molecule has 1 atom stereocenters.